The second-order valence-electron chi connectivity index (χ2n) is 4.44. The number of Topliss-reactive ketones (excluding diaryl/α,β-unsaturated/α-hetero) is 1. The van der Waals surface area contributed by atoms with Crippen LogP contribution < -0.4 is 0 Å². The molecule has 1 aliphatic rings. The van der Waals surface area contributed by atoms with Gasteiger partial charge in [-0.2, -0.15) is 0 Å². The molecule has 0 saturated carbocycles. The number of halogens is 1. The summed E-state index contributed by atoms with van der Waals surface area (Å²) in [4.78, 5) is 12.2. The van der Waals surface area contributed by atoms with Crippen LogP contribution in [0.15, 0.2) is 28.7 Å². The minimum Gasteiger partial charge on any atom is -0.392 e. The Bertz CT molecular complexity index is 487. The number of hydrogen-bond acceptors (Lipinski definition) is 2. The predicted octanol–water partition coefficient (Wildman–Crippen LogP) is 2.69. The number of aliphatic hydroxyl groups excluding tert-OH is 1. The van der Waals surface area contributed by atoms with Gasteiger partial charge in [0.2, 0.25) is 0 Å². The van der Waals surface area contributed by atoms with Crippen LogP contribution in [0.1, 0.15) is 25.0 Å². The Labute approximate surface area is 103 Å². The third kappa shape index (κ3) is 1.55. The van der Waals surface area contributed by atoms with Crippen LogP contribution in [0.4, 0.5) is 0 Å². The van der Waals surface area contributed by atoms with Crippen molar-refractivity contribution >= 4 is 27.3 Å². The molecule has 0 fully saturated rings. The van der Waals surface area contributed by atoms with E-state index in [9.17, 15) is 4.79 Å². The minimum atomic E-state index is -0.500. The molecule has 0 unspecified atom stereocenters. The number of carbonyl (C=O) groups is 1. The summed E-state index contributed by atoms with van der Waals surface area (Å²) in [5.41, 5.74) is 2.09. The van der Waals surface area contributed by atoms with Crippen molar-refractivity contribution in [2.75, 3.05) is 6.61 Å². The summed E-state index contributed by atoms with van der Waals surface area (Å²) in [6, 6.07) is 5.82. The van der Waals surface area contributed by atoms with Crippen LogP contribution in [0.25, 0.3) is 5.57 Å². The van der Waals surface area contributed by atoms with Gasteiger partial charge in [-0.05, 0) is 43.2 Å². The summed E-state index contributed by atoms with van der Waals surface area (Å²) in [6.07, 6.45) is 1.59. The Hall–Kier alpha value is -0.930. The van der Waals surface area contributed by atoms with Crippen molar-refractivity contribution in [1.82, 2.24) is 0 Å². The predicted molar refractivity (Wildman–Crippen MR) is 67.2 cm³/mol. The molecule has 1 aliphatic carbocycles. The average Bonchev–Trinajstić information content (AvgIpc) is 2.41. The Kier molecular flexibility index (Phi) is 2.76. The van der Waals surface area contributed by atoms with E-state index in [4.69, 9.17) is 5.11 Å². The lowest BCUT2D eigenvalue weighted by Crippen LogP contribution is -2.23. The van der Waals surface area contributed by atoms with Gasteiger partial charge in [0.25, 0.3) is 0 Å². The molecule has 1 aromatic rings. The largest absolute Gasteiger partial charge is 0.392 e. The molecule has 3 heteroatoms. The lowest BCUT2D eigenvalue weighted by Gasteiger charge is -2.16. The lowest BCUT2D eigenvalue weighted by molar-refractivity contribution is -0.117. The summed E-state index contributed by atoms with van der Waals surface area (Å²) in [5.74, 6) is 0.0784. The summed E-state index contributed by atoms with van der Waals surface area (Å²) >= 11 is 3.42. The van der Waals surface area contributed by atoms with Crippen LogP contribution in [0.2, 0.25) is 0 Å². The number of allylic oxidation sites excluding steroid dienone is 1. The minimum absolute atomic E-state index is 0.0784. The van der Waals surface area contributed by atoms with Gasteiger partial charge in [-0.3, -0.25) is 4.79 Å². The van der Waals surface area contributed by atoms with Crippen LogP contribution >= 0.6 is 15.9 Å². The molecule has 0 aliphatic heterocycles. The van der Waals surface area contributed by atoms with E-state index in [0.29, 0.717) is 5.57 Å². The first-order valence-corrected chi connectivity index (χ1v) is 5.94. The SMILES string of the molecule is CC1(C)C(=O)/C(=C/CO)c2ccc(Br)cc21. The first kappa shape index (κ1) is 11.6. The highest BCUT2D eigenvalue weighted by Crippen LogP contribution is 2.43. The molecule has 0 spiro atoms. The number of rotatable bonds is 1. The maximum Gasteiger partial charge on any atom is 0.173 e. The first-order valence-electron chi connectivity index (χ1n) is 5.14. The Morgan fingerprint density at radius 1 is 1.44 bits per heavy atom. The molecule has 0 bridgehead atoms. The smallest absolute Gasteiger partial charge is 0.173 e. The molecule has 0 saturated heterocycles. The third-order valence-electron chi connectivity index (χ3n) is 3.05. The monoisotopic (exact) mass is 280 g/mol. The van der Waals surface area contributed by atoms with Gasteiger partial charge in [0.1, 0.15) is 0 Å². The van der Waals surface area contributed by atoms with Gasteiger partial charge in [-0.1, -0.05) is 22.0 Å². The highest BCUT2D eigenvalue weighted by atomic mass is 79.9. The van der Waals surface area contributed by atoms with E-state index in [1.54, 1.807) is 6.08 Å². The normalized spacial score (nSPS) is 20.2. The van der Waals surface area contributed by atoms with Gasteiger partial charge in [0.05, 0.1) is 12.0 Å². The van der Waals surface area contributed by atoms with Crippen molar-refractivity contribution < 1.29 is 9.90 Å². The third-order valence-corrected chi connectivity index (χ3v) is 3.55. The Balaban J connectivity index is 2.70. The molecule has 0 radical (unpaired) electrons. The summed E-state index contributed by atoms with van der Waals surface area (Å²) in [7, 11) is 0. The standard InChI is InChI=1S/C13H13BrO2/c1-13(2)11-7-8(14)3-4-9(11)10(5-6-15)12(13)16/h3-5,7,15H,6H2,1-2H3/b10-5+. The molecule has 2 nitrogen and oxygen atoms in total. The van der Waals surface area contributed by atoms with Gasteiger partial charge in [-0.25, -0.2) is 0 Å². The Morgan fingerprint density at radius 3 is 2.75 bits per heavy atom. The van der Waals surface area contributed by atoms with E-state index in [2.05, 4.69) is 15.9 Å². The average molecular weight is 281 g/mol. The lowest BCUT2D eigenvalue weighted by atomic mass is 9.85. The van der Waals surface area contributed by atoms with Crippen molar-refractivity contribution in [3.8, 4) is 0 Å². The fourth-order valence-corrected chi connectivity index (χ4v) is 2.50. The van der Waals surface area contributed by atoms with Crippen molar-refractivity contribution in [3.05, 3.63) is 39.9 Å². The second-order valence-corrected chi connectivity index (χ2v) is 5.36. The molecular weight excluding hydrogens is 268 g/mol. The molecule has 1 N–H and O–H groups in total. The van der Waals surface area contributed by atoms with Gasteiger partial charge in [0.15, 0.2) is 5.78 Å². The van der Waals surface area contributed by atoms with Crippen molar-refractivity contribution in [3.63, 3.8) is 0 Å². The molecular formula is C13H13BrO2. The highest BCUT2D eigenvalue weighted by Gasteiger charge is 2.41. The molecule has 0 aromatic heterocycles. The molecule has 16 heavy (non-hydrogen) atoms. The molecule has 0 amide bonds. The molecule has 0 heterocycles. The van der Waals surface area contributed by atoms with E-state index in [-0.39, 0.29) is 12.4 Å². The fraction of sp³-hybridized carbons (Fsp3) is 0.308. The van der Waals surface area contributed by atoms with Crippen LogP contribution in [0, 0.1) is 0 Å². The first-order chi connectivity index (χ1) is 7.48. The van der Waals surface area contributed by atoms with Crippen molar-refractivity contribution in [2.24, 2.45) is 0 Å². The quantitative estimate of drug-likeness (QED) is 0.804. The number of fused-ring (bicyclic) bond motifs is 1. The van der Waals surface area contributed by atoms with Crippen LogP contribution in [0.5, 0.6) is 0 Å². The van der Waals surface area contributed by atoms with Crippen LogP contribution in [-0.2, 0) is 10.2 Å². The maximum atomic E-state index is 12.2. The number of carbonyl (C=O) groups excluding carboxylic acids is 1. The Morgan fingerprint density at radius 2 is 2.12 bits per heavy atom. The maximum absolute atomic E-state index is 12.2. The van der Waals surface area contributed by atoms with Crippen molar-refractivity contribution in [1.29, 1.82) is 0 Å². The molecule has 84 valence electrons. The molecule has 0 atom stereocenters. The topological polar surface area (TPSA) is 37.3 Å². The van der Waals surface area contributed by atoms with E-state index in [0.717, 1.165) is 15.6 Å². The zero-order valence-electron chi connectivity index (χ0n) is 9.25. The second kappa shape index (κ2) is 3.82. The van der Waals surface area contributed by atoms with Gasteiger partial charge in [-0.15, -0.1) is 0 Å². The summed E-state index contributed by atoms with van der Waals surface area (Å²) < 4.78 is 0.970. The van der Waals surface area contributed by atoms with E-state index < -0.39 is 5.41 Å². The summed E-state index contributed by atoms with van der Waals surface area (Å²) in [5, 5.41) is 8.96. The summed E-state index contributed by atoms with van der Waals surface area (Å²) in [6.45, 7) is 3.73. The highest BCUT2D eigenvalue weighted by molar-refractivity contribution is 9.10. The van der Waals surface area contributed by atoms with E-state index in [1.807, 2.05) is 32.0 Å². The van der Waals surface area contributed by atoms with E-state index >= 15 is 0 Å². The zero-order chi connectivity index (χ0) is 11.9. The zero-order valence-corrected chi connectivity index (χ0v) is 10.8. The fourth-order valence-electron chi connectivity index (χ4n) is 2.14. The number of benzene rings is 1. The van der Waals surface area contributed by atoms with Gasteiger partial charge < -0.3 is 5.11 Å². The van der Waals surface area contributed by atoms with Crippen molar-refractivity contribution in [2.45, 2.75) is 19.3 Å². The van der Waals surface area contributed by atoms with E-state index in [1.165, 1.54) is 0 Å². The van der Waals surface area contributed by atoms with Crippen LogP contribution in [0.3, 0.4) is 0 Å². The number of ketones is 1. The molecule has 2 rings (SSSR count). The van der Waals surface area contributed by atoms with Gasteiger partial charge >= 0.3 is 0 Å². The molecule has 1 aromatic carbocycles. The number of aliphatic hydroxyl groups is 1. The van der Waals surface area contributed by atoms with Crippen LogP contribution in [-0.4, -0.2) is 17.5 Å². The van der Waals surface area contributed by atoms with Gasteiger partial charge in [0, 0.05) is 10.0 Å². The number of hydrogen-bond donors (Lipinski definition) is 1.